The van der Waals surface area contributed by atoms with Crippen LogP contribution in [-0.2, 0) is 4.79 Å². The van der Waals surface area contributed by atoms with Gasteiger partial charge in [0.05, 0.1) is 18.5 Å². The van der Waals surface area contributed by atoms with Crippen molar-refractivity contribution in [2.45, 2.75) is 39.0 Å². The predicted octanol–water partition coefficient (Wildman–Crippen LogP) is 2.08. The molecule has 1 aromatic carbocycles. The first kappa shape index (κ1) is 17.0. The predicted molar refractivity (Wildman–Crippen MR) is 87.1 cm³/mol. The minimum absolute atomic E-state index is 0.0677. The average molecular weight is 317 g/mol. The average Bonchev–Trinajstić information content (AvgIpc) is 3.05. The number of rotatable bonds is 7. The van der Waals surface area contributed by atoms with Crippen LogP contribution in [0.5, 0.6) is 5.75 Å². The lowest BCUT2D eigenvalue weighted by atomic mass is 10.1. The van der Waals surface area contributed by atoms with Crippen LogP contribution in [0.25, 0.3) is 0 Å². The number of aliphatic hydroxyl groups is 1. The fourth-order valence-electron chi connectivity index (χ4n) is 2.16. The van der Waals surface area contributed by atoms with Crippen LogP contribution in [0.2, 0.25) is 0 Å². The summed E-state index contributed by atoms with van der Waals surface area (Å²) in [6.45, 7) is 5.81. The molecule has 0 saturated heterocycles. The summed E-state index contributed by atoms with van der Waals surface area (Å²) in [6, 6.07) is 6.89. The minimum Gasteiger partial charge on any atom is -0.491 e. The topological polar surface area (TPSA) is 76.4 Å². The van der Waals surface area contributed by atoms with Crippen LogP contribution in [0.3, 0.4) is 0 Å². The molecular formula is C17H23N3O3. The summed E-state index contributed by atoms with van der Waals surface area (Å²) < 4.78 is 7.32. The largest absolute Gasteiger partial charge is 0.491 e. The zero-order chi connectivity index (χ0) is 16.8. The van der Waals surface area contributed by atoms with Crippen LogP contribution in [0, 0.1) is 0 Å². The summed E-state index contributed by atoms with van der Waals surface area (Å²) in [5, 5.41) is 13.0. The van der Waals surface area contributed by atoms with Gasteiger partial charge in [-0.3, -0.25) is 4.79 Å². The number of aliphatic hydroxyl groups excluding tert-OH is 1. The summed E-state index contributed by atoms with van der Waals surface area (Å²) in [7, 11) is 0. The first-order chi connectivity index (χ1) is 11.0. The van der Waals surface area contributed by atoms with Gasteiger partial charge in [0.15, 0.2) is 0 Å². The van der Waals surface area contributed by atoms with E-state index in [4.69, 9.17) is 4.74 Å². The molecule has 1 amide bonds. The van der Waals surface area contributed by atoms with Crippen molar-refractivity contribution in [1.29, 1.82) is 0 Å². The maximum atomic E-state index is 12.1. The fourth-order valence-corrected chi connectivity index (χ4v) is 2.16. The second-order valence-electron chi connectivity index (χ2n) is 5.69. The SMILES string of the molecule is CC(C)Oc1cccc([C@H](O)CNC(=O)[C@@H](C)n2ccnc2)c1. The number of aromatic nitrogens is 2. The molecule has 1 aromatic heterocycles. The van der Waals surface area contributed by atoms with Crippen LogP contribution in [-0.4, -0.2) is 33.2 Å². The minimum atomic E-state index is -0.787. The van der Waals surface area contributed by atoms with Crippen molar-refractivity contribution in [1.82, 2.24) is 14.9 Å². The number of carbonyl (C=O) groups is 1. The molecule has 0 bridgehead atoms. The number of amides is 1. The van der Waals surface area contributed by atoms with Gasteiger partial charge in [-0.05, 0) is 38.5 Å². The number of hydrogen-bond donors (Lipinski definition) is 2. The van der Waals surface area contributed by atoms with Crippen LogP contribution >= 0.6 is 0 Å². The summed E-state index contributed by atoms with van der Waals surface area (Å²) in [5.41, 5.74) is 0.707. The van der Waals surface area contributed by atoms with Crippen LogP contribution in [0.4, 0.5) is 0 Å². The van der Waals surface area contributed by atoms with Crippen LogP contribution < -0.4 is 10.1 Å². The molecule has 2 N–H and O–H groups in total. The van der Waals surface area contributed by atoms with Crippen molar-refractivity contribution in [3.63, 3.8) is 0 Å². The third-order valence-corrected chi connectivity index (χ3v) is 3.44. The van der Waals surface area contributed by atoms with E-state index < -0.39 is 6.10 Å². The van der Waals surface area contributed by atoms with E-state index in [1.807, 2.05) is 32.0 Å². The number of benzene rings is 1. The zero-order valence-electron chi connectivity index (χ0n) is 13.6. The Hall–Kier alpha value is -2.34. The van der Waals surface area contributed by atoms with Crippen LogP contribution in [0.15, 0.2) is 43.0 Å². The molecule has 0 aliphatic rings. The lowest BCUT2D eigenvalue weighted by molar-refractivity contribution is -0.124. The van der Waals surface area contributed by atoms with E-state index >= 15 is 0 Å². The lowest BCUT2D eigenvalue weighted by Crippen LogP contribution is -2.33. The number of imidazole rings is 1. The van der Waals surface area contributed by atoms with E-state index in [0.717, 1.165) is 0 Å². The summed E-state index contributed by atoms with van der Waals surface area (Å²) >= 11 is 0. The molecule has 6 nitrogen and oxygen atoms in total. The Morgan fingerprint density at radius 2 is 2.17 bits per heavy atom. The van der Waals surface area contributed by atoms with Crippen molar-refractivity contribution in [2.75, 3.05) is 6.54 Å². The highest BCUT2D eigenvalue weighted by Crippen LogP contribution is 2.20. The Bertz CT molecular complexity index is 626. The maximum Gasteiger partial charge on any atom is 0.242 e. The van der Waals surface area contributed by atoms with E-state index in [9.17, 15) is 9.90 Å². The molecule has 0 saturated carbocycles. The molecule has 1 heterocycles. The van der Waals surface area contributed by atoms with Crippen molar-refractivity contribution in [2.24, 2.45) is 0 Å². The van der Waals surface area contributed by atoms with Gasteiger partial charge in [0.25, 0.3) is 0 Å². The molecule has 0 fully saturated rings. The van der Waals surface area contributed by atoms with Gasteiger partial charge in [-0.15, -0.1) is 0 Å². The van der Waals surface area contributed by atoms with Gasteiger partial charge in [-0.25, -0.2) is 4.98 Å². The molecule has 23 heavy (non-hydrogen) atoms. The number of nitrogens with zero attached hydrogens (tertiary/aromatic N) is 2. The first-order valence-electron chi connectivity index (χ1n) is 7.67. The second-order valence-corrected chi connectivity index (χ2v) is 5.69. The smallest absolute Gasteiger partial charge is 0.242 e. The highest BCUT2D eigenvalue weighted by atomic mass is 16.5. The molecule has 2 atom stereocenters. The van der Waals surface area contributed by atoms with Gasteiger partial charge >= 0.3 is 0 Å². The van der Waals surface area contributed by atoms with Crippen molar-refractivity contribution < 1.29 is 14.6 Å². The third kappa shape index (κ3) is 4.82. The fraction of sp³-hybridized carbons (Fsp3) is 0.412. The number of carbonyl (C=O) groups excluding carboxylic acids is 1. The monoisotopic (exact) mass is 317 g/mol. The van der Waals surface area contributed by atoms with Crippen molar-refractivity contribution in [3.8, 4) is 5.75 Å². The highest BCUT2D eigenvalue weighted by molar-refractivity contribution is 5.79. The Balaban J connectivity index is 1.91. The van der Waals surface area contributed by atoms with Gasteiger partial charge < -0.3 is 19.7 Å². The Labute approximate surface area is 136 Å². The Morgan fingerprint density at radius 1 is 1.39 bits per heavy atom. The molecule has 0 unspecified atom stereocenters. The molecule has 2 aromatic rings. The molecule has 2 rings (SSSR count). The quantitative estimate of drug-likeness (QED) is 0.820. The molecule has 0 radical (unpaired) electrons. The standard InChI is InChI=1S/C17H23N3O3/c1-12(2)23-15-6-4-5-14(9-15)16(21)10-19-17(22)13(3)20-8-7-18-11-20/h4-9,11-13,16,21H,10H2,1-3H3,(H,19,22)/t13-,16-/m1/s1. The Morgan fingerprint density at radius 3 is 2.83 bits per heavy atom. The summed E-state index contributed by atoms with van der Waals surface area (Å²) in [5.74, 6) is 0.534. The third-order valence-electron chi connectivity index (χ3n) is 3.44. The summed E-state index contributed by atoms with van der Waals surface area (Å²) in [6.07, 6.45) is 4.22. The molecule has 124 valence electrons. The molecule has 6 heteroatoms. The molecule has 0 spiro atoms. The molecule has 0 aliphatic carbocycles. The normalized spacial score (nSPS) is 13.6. The van der Waals surface area contributed by atoms with Crippen molar-refractivity contribution >= 4 is 5.91 Å². The van der Waals surface area contributed by atoms with Crippen molar-refractivity contribution in [3.05, 3.63) is 48.5 Å². The molecular weight excluding hydrogens is 294 g/mol. The highest BCUT2D eigenvalue weighted by Gasteiger charge is 2.16. The van der Waals surface area contributed by atoms with E-state index in [1.165, 1.54) is 0 Å². The lowest BCUT2D eigenvalue weighted by Gasteiger charge is -2.17. The van der Waals surface area contributed by atoms with E-state index in [-0.39, 0.29) is 24.6 Å². The second kappa shape index (κ2) is 7.78. The van der Waals surface area contributed by atoms with Gasteiger partial charge in [0.2, 0.25) is 5.91 Å². The van der Waals surface area contributed by atoms with Crippen LogP contribution in [0.1, 0.15) is 38.5 Å². The number of ether oxygens (including phenoxy) is 1. The van der Waals surface area contributed by atoms with Gasteiger partial charge in [-0.1, -0.05) is 12.1 Å². The van der Waals surface area contributed by atoms with Gasteiger partial charge in [0, 0.05) is 18.9 Å². The van der Waals surface area contributed by atoms with E-state index in [2.05, 4.69) is 10.3 Å². The molecule has 0 aliphatic heterocycles. The first-order valence-corrected chi connectivity index (χ1v) is 7.67. The van der Waals surface area contributed by atoms with E-state index in [0.29, 0.717) is 11.3 Å². The number of hydrogen-bond acceptors (Lipinski definition) is 4. The van der Waals surface area contributed by atoms with E-state index in [1.54, 1.807) is 36.3 Å². The zero-order valence-corrected chi connectivity index (χ0v) is 13.6. The summed E-state index contributed by atoms with van der Waals surface area (Å²) in [4.78, 5) is 16.0. The van der Waals surface area contributed by atoms with Gasteiger partial charge in [-0.2, -0.15) is 0 Å². The Kier molecular flexibility index (Phi) is 5.76. The maximum absolute atomic E-state index is 12.1. The number of nitrogens with one attached hydrogen (secondary N) is 1. The van der Waals surface area contributed by atoms with Gasteiger partial charge in [0.1, 0.15) is 11.8 Å².